The van der Waals surface area contributed by atoms with Crippen LogP contribution in [0.25, 0.3) is 0 Å². The molecule has 0 fully saturated rings. The molecule has 1 heteroatoms. The topological polar surface area (TPSA) is 17.1 Å². The van der Waals surface area contributed by atoms with E-state index >= 15 is 0 Å². The van der Waals surface area contributed by atoms with Crippen molar-refractivity contribution < 1.29 is 4.79 Å². The van der Waals surface area contributed by atoms with Crippen molar-refractivity contribution in [1.29, 1.82) is 0 Å². The molecule has 0 aromatic heterocycles. The Labute approximate surface area is 68.5 Å². The summed E-state index contributed by atoms with van der Waals surface area (Å²) in [5, 5.41) is 0. The van der Waals surface area contributed by atoms with Gasteiger partial charge in [-0.1, -0.05) is 25.5 Å². The van der Waals surface area contributed by atoms with Gasteiger partial charge in [-0.15, -0.1) is 0 Å². The fourth-order valence-corrected chi connectivity index (χ4v) is 1.76. The SMILES string of the molecule is CC1=CCC(C)C(C=O)C1C. The molecule has 0 saturated carbocycles. The van der Waals surface area contributed by atoms with E-state index in [0.29, 0.717) is 11.8 Å². The Kier molecular flexibility index (Phi) is 2.48. The van der Waals surface area contributed by atoms with Crippen LogP contribution < -0.4 is 0 Å². The maximum atomic E-state index is 10.7. The zero-order valence-corrected chi connectivity index (χ0v) is 7.50. The lowest BCUT2D eigenvalue weighted by Crippen LogP contribution is -2.25. The van der Waals surface area contributed by atoms with Crippen molar-refractivity contribution in [3.63, 3.8) is 0 Å². The molecule has 0 amide bonds. The van der Waals surface area contributed by atoms with E-state index in [1.165, 1.54) is 5.57 Å². The fraction of sp³-hybridized carbons (Fsp3) is 0.700. The van der Waals surface area contributed by atoms with Crippen LogP contribution in [0.15, 0.2) is 11.6 Å². The van der Waals surface area contributed by atoms with E-state index in [1.54, 1.807) is 0 Å². The molecule has 1 aliphatic carbocycles. The molecule has 3 unspecified atom stereocenters. The molecule has 1 nitrogen and oxygen atoms in total. The summed E-state index contributed by atoms with van der Waals surface area (Å²) >= 11 is 0. The van der Waals surface area contributed by atoms with Crippen molar-refractivity contribution in [1.82, 2.24) is 0 Å². The highest BCUT2D eigenvalue weighted by Crippen LogP contribution is 2.32. The standard InChI is InChI=1S/C10H16O/c1-7-4-5-8(2)10(6-11)9(7)3/h4,6,8-10H,5H2,1-3H3. The molecule has 0 spiro atoms. The average molecular weight is 152 g/mol. The molecule has 1 rings (SSSR count). The van der Waals surface area contributed by atoms with Crippen LogP contribution in [0.3, 0.4) is 0 Å². The van der Waals surface area contributed by atoms with Gasteiger partial charge >= 0.3 is 0 Å². The van der Waals surface area contributed by atoms with Crippen molar-refractivity contribution >= 4 is 6.29 Å². The molecule has 0 radical (unpaired) electrons. The van der Waals surface area contributed by atoms with Gasteiger partial charge in [-0.3, -0.25) is 0 Å². The van der Waals surface area contributed by atoms with Gasteiger partial charge in [0.25, 0.3) is 0 Å². The van der Waals surface area contributed by atoms with Gasteiger partial charge < -0.3 is 4.79 Å². The van der Waals surface area contributed by atoms with Crippen molar-refractivity contribution in [2.75, 3.05) is 0 Å². The maximum Gasteiger partial charge on any atom is 0.123 e. The van der Waals surface area contributed by atoms with Crippen LogP contribution in [-0.2, 0) is 4.79 Å². The molecular formula is C10H16O. The Morgan fingerprint density at radius 2 is 2.18 bits per heavy atom. The Bertz CT molecular complexity index is 181. The van der Waals surface area contributed by atoms with Crippen molar-refractivity contribution in [3.8, 4) is 0 Å². The predicted octanol–water partition coefficient (Wildman–Crippen LogP) is 2.42. The number of rotatable bonds is 1. The summed E-state index contributed by atoms with van der Waals surface area (Å²) in [6, 6.07) is 0. The summed E-state index contributed by atoms with van der Waals surface area (Å²) in [6.07, 6.45) is 4.45. The Hall–Kier alpha value is -0.590. The van der Waals surface area contributed by atoms with Gasteiger partial charge in [0.05, 0.1) is 0 Å². The van der Waals surface area contributed by atoms with E-state index in [0.717, 1.165) is 12.7 Å². The molecule has 0 saturated heterocycles. The van der Waals surface area contributed by atoms with Crippen LogP contribution in [0.1, 0.15) is 27.2 Å². The molecule has 0 aliphatic heterocycles. The lowest BCUT2D eigenvalue weighted by atomic mass is 9.75. The molecule has 0 aromatic carbocycles. The first kappa shape index (κ1) is 8.51. The Balaban J connectivity index is 2.79. The minimum absolute atomic E-state index is 0.250. The van der Waals surface area contributed by atoms with Crippen LogP contribution in [0.4, 0.5) is 0 Å². The average Bonchev–Trinajstić information content (AvgIpc) is 1.99. The monoisotopic (exact) mass is 152 g/mol. The van der Waals surface area contributed by atoms with E-state index in [4.69, 9.17) is 0 Å². The summed E-state index contributed by atoms with van der Waals surface area (Å²) in [7, 11) is 0. The van der Waals surface area contributed by atoms with Crippen LogP contribution in [-0.4, -0.2) is 6.29 Å². The number of allylic oxidation sites excluding steroid dienone is 2. The smallest absolute Gasteiger partial charge is 0.123 e. The van der Waals surface area contributed by atoms with Gasteiger partial charge in [-0.25, -0.2) is 0 Å². The minimum Gasteiger partial charge on any atom is -0.303 e. The summed E-state index contributed by atoms with van der Waals surface area (Å²) < 4.78 is 0. The van der Waals surface area contributed by atoms with E-state index in [1.807, 2.05) is 0 Å². The van der Waals surface area contributed by atoms with Crippen LogP contribution in [0.2, 0.25) is 0 Å². The van der Waals surface area contributed by atoms with E-state index in [9.17, 15) is 4.79 Å². The first-order valence-electron chi connectivity index (χ1n) is 4.28. The Morgan fingerprint density at radius 3 is 2.64 bits per heavy atom. The molecule has 62 valence electrons. The second-order valence-electron chi connectivity index (χ2n) is 3.66. The lowest BCUT2D eigenvalue weighted by Gasteiger charge is -2.29. The normalized spacial score (nSPS) is 38.1. The van der Waals surface area contributed by atoms with Crippen molar-refractivity contribution in [2.24, 2.45) is 17.8 Å². The van der Waals surface area contributed by atoms with Gasteiger partial charge in [0, 0.05) is 5.92 Å². The third kappa shape index (κ3) is 1.52. The van der Waals surface area contributed by atoms with Gasteiger partial charge in [0.15, 0.2) is 0 Å². The largest absolute Gasteiger partial charge is 0.303 e. The van der Waals surface area contributed by atoms with Gasteiger partial charge in [-0.05, 0) is 25.2 Å². The number of hydrogen-bond donors (Lipinski definition) is 0. The van der Waals surface area contributed by atoms with Crippen LogP contribution in [0, 0.1) is 17.8 Å². The molecule has 0 heterocycles. The highest BCUT2D eigenvalue weighted by atomic mass is 16.1. The molecule has 11 heavy (non-hydrogen) atoms. The van der Waals surface area contributed by atoms with Crippen LogP contribution in [0.5, 0.6) is 0 Å². The summed E-state index contributed by atoms with van der Waals surface area (Å²) in [4.78, 5) is 10.7. The predicted molar refractivity (Wildman–Crippen MR) is 46.3 cm³/mol. The van der Waals surface area contributed by atoms with E-state index < -0.39 is 0 Å². The van der Waals surface area contributed by atoms with Crippen LogP contribution >= 0.6 is 0 Å². The highest BCUT2D eigenvalue weighted by Gasteiger charge is 2.26. The zero-order chi connectivity index (χ0) is 8.43. The van der Waals surface area contributed by atoms with E-state index in [2.05, 4.69) is 26.8 Å². The fourth-order valence-electron chi connectivity index (χ4n) is 1.76. The maximum absolute atomic E-state index is 10.7. The second-order valence-corrected chi connectivity index (χ2v) is 3.66. The summed E-state index contributed by atoms with van der Waals surface area (Å²) in [5.74, 6) is 1.24. The molecule has 3 atom stereocenters. The summed E-state index contributed by atoms with van der Waals surface area (Å²) in [5.41, 5.74) is 1.38. The van der Waals surface area contributed by atoms with Gasteiger partial charge in [-0.2, -0.15) is 0 Å². The molecule has 0 aromatic rings. The second kappa shape index (κ2) is 3.21. The quantitative estimate of drug-likeness (QED) is 0.416. The highest BCUT2D eigenvalue weighted by molar-refractivity contribution is 5.56. The van der Waals surface area contributed by atoms with Gasteiger partial charge in [0.1, 0.15) is 6.29 Å². The lowest BCUT2D eigenvalue weighted by molar-refractivity contribution is -0.113. The third-order valence-corrected chi connectivity index (χ3v) is 2.92. The molecule has 0 bridgehead atoms. The Morgan fingerprint density at radius 1 is 1.55 bits per heavy atom. The molecular weight excluding hydrogens is 136 g/mol. The third-order valence-electron chi connectivity index (χ3n) is 2.92. The van der Waals surface area contributed by atoms with Gasteiger partial charge in [0.2, 0.25) is 0 Å². The first-order chi connectivity index (χ1) is 5.16. The number of carbonyl (C=O) groups excluding carboxylic acids is 1. The number of carbonyl (C=O) groups is 1. The zero-order valence-electron chi connectivity index (χ0n) is 7.50. The number of aldehydes is 1. The molecule has 1 aliphatic rings. The molecule has 0 N–H and O–H groups in total. The number of hydrogen-bond acceptors (Lipinski definition) is 1. The first-order valence-corrected chi connectivity index (χ1v) is 4.28. The van der Waals surface area contributed by atoms with Crippen molar-refractivity contribution in [2.45, 2.75) is 27.2 Å². The van der Waals surface area contributed by atoms with Crippen molar-refractivity contribution in [3.05, 3.63) is 11.6 Å². The van der Waals surface area contributed by atoms with E-state index in [-0.39, 0.29) is 5.92 Å². The summed E-state index contributed by atoms with van der Waals surface area (Å²) in [6.45, 7) is 6.41. The minimum atomic E-state index is 0.250.